The molecule has 0 spiro atoms. The molecule has 14 aromatic rings. The van der Waals surface area contributed by atoms with Crippen molar-refractivity contribution in [2.24, 2.45) is 11.5 Å². The zero-order valence-corrected chi connectivity index (χ0v) is 86.7. The highest BCUT2D eigenvalue weighted by atomic mass is 127. The first kappa shape index (κ1) is 105. The van der Waals surface area contributed by atoms with Gasteiger partial charge in [-0.2, -0.15) is 0 Å². The third-order valence-corrected chi connectivity index (χ3v) is 25.7. The van der Waals surface area contributed by atoms with Gasteiger partial charge in [0.15, 0.2) is 0 Å². The second kappa shape index (κ2) is 52.5. The smallest absolute Gasteiger partial charge is 0.323 e. The molecule has 137 heavy (non-hydrogen) atoms. The van der Waals surface area contributed by atoms with E-state index in [0.29, 0.717) is 122 Å². The Balaban J connectivity index is 0.000000177. The number of nitrogens with zero attached hydrogens (tertiary/aromatic N) is 2. The van der Waals surface area contributed by atoms with Crippen LogP contribution in [-0.4, -0.2) is 82.1 Å². The molecule has 698 valence electrons. The molecular weight excluding hydrogens is 2310 g/mol. The lowest BCUT2D eigenvalue weighted by atomic mass is 10.1. The van der Waals surface area contributed by atoms with E-state index < -0.39 is 35.9 Å². The van der Waals surface area contributed by atoms with Gasteiger partial charge in [-0.25, -0.2) is 28.8 Å². The molecule has 0 saturated carbocycles. The minimum atomic E-state index is -0.684. The minimum Gasteiger partial charge on any atom is -0.366 e. The summed E-state index contributed by atoms with van der Waals surface area (Å²) < 4.78 is 4.51. The number of para-hydroxylation sites is 2. The van der Waals surface area contributed by atoms with Crippen molar-refractivity contribution < 1.29 is 47.9 Å². The molecule has 0 heterocycles. The highest BCUT2D eigenvalue weighted by Crippen LogP contribution is 2.37. The summed E-state index contributed by atoms with van der Waals surface area (Å²) in [6, 6.07) is 94.3. The Morgan fingerprint density at radius 2 is 0.599 bits per heavy atom. The Bertz CT molecular complexity index is 6350. The van der Waals surface area contributed by atoms with Crippen molar-refractivity contribution in [1.29, 1.82) is 0 Å². The van der Waals surface area contributed by atoms with Crippen LogP contribution in [-0.2, 0) is 26.2 Å². The summed E-state index contributed by atoms with van der Waals surface area (Å²) in [7, 11) is 0. The number of thioether (sulfide) groups is 2. The quantitative estimate of drug-likeness (QED) is 0.0178. The molecule has 26 nitrogen and oxygen atoms in total. The predicted molar refractivity (Wildman–Crippen MR) is 585 cm³/mol. The van der Waals surface area contributed by atoms with Crippen LogP contribution in [0.5, 0.6) is 0 Å². The standard InChI is InChI=1S/C37H36N4O2.C22H18Br2N6O4.C22H18Cl2N2O2S2.C20H14Br2I2N4O2/c1-29-22-23-34(38-36(42)40(25-30-14-6-2-7-15-30)26-31-16-8-3-9-17-31)24-35(29)39-37(43)41(27-32-18-10-4-11-19-32)28-33-20-12-5-13-21-33;23-13-9-14(24)18(30-22(34)28-16-8-4-2-6-12(16)20(26)32)10-17(13)29-21(33)27-15-7-3-1-5-11(15)19(25)31;1-29-19-8-6-13(23)10-17(19)21(27)25-15-4-3-5-16(12-15)26-22(28)18-11-14(24)7-9-20(18)30-2;21-15-9-16(22)18(28-20(30)26-14-7-3-12(24)4-8-14)10-17(15)27-19(29)25-13-5-1-11(23)2-6-13/h2-24H,25-28H2,1H3,(H,38,42)(H,39,43);1-10H,(H2,25,31)(H2,26,32)(H2,27,29,33)(H2,28,30,34);3-12H,1-2H3,(H,25,27)(H,26,28);1-10H,(H2,25,27,29)(H2,26,28,30). The van der Waals surface area contributed by atoms with Crippen LogP contribution >= 0.6 is 156 Å². The second-order valence-corrected chi connectivity index (χ2v) is 38.0. The normalized spacial score (nSPS) is 10.4. The van der Waals surface area contributed by atoms with E-state index in [-0.39, 0.29) is 46.4 Å². The lowest BCUT2D eigenvalue weighted by molar-refractivity contribution is 0.0992. The number of rotatable bonds is 26. The van der Waals surface area contributed by atoms with E-state index in [4.69, 9.17) is 34.7 Å². The van der Waals surface area contributed by atoms with Gasteiger partial charge in [-0.15, -0.1) is 23.5 Å². The van der Waals surface area contributed by atoms with E-state index in [0.717, 1.165) is 44.7 Å². The molecule has 0 fully saturated rings. The van der Waals surface area contributed by atoms with Crippen molar-refractivity contribution in [2.45, 2.75) is 42.9 Å². The van der Waals surface area contributed by atoms with E-state index in [2.05, 4.69) is 173 Å². The second-order valence-electron chi connectivity index (χ2n) is 29.5. The van der Waals surface area contributed by atoms with Crippen molar-refractivity contribution in [2.75, 3.05) is 76.3 Å². The van der Waals surface area contributed by atoms with E-state index in [1.54, 1.807) is 101 Å². The molecule has 0 saturated heterocycles. The van der Waals surface area contributed by atoms with Crippen LogP contribution < -0.4 is 75.3 Å². The van der Waals surface area contributed by atoms with Crippen LogP contribution in [0.4, 0.5) is 97.0 Å². The average Bonchev–Trinajstić information content (AvgIpc) is 0.833. The number of hydrogen-bond donors (Lipinski definition) is 14. The molecule has 0 atom stereocenters. The van der Waals surface area contributed by atoms with Gasteiger partial charge in [0, 0.05) is 105 Å². The molecule has 0 bridgehead atoms. The summed E-state index contributed by atoms with van der Waals surface area (Å²) >= 11 is 33.0. The number of nitrogens with one attached hydrogen (secondary N) is 12. The number of aryl methyl sites for hydroxylation is 1. The predicted octanol–water partition coefficient (Wildman–Crippen LogP) is 27.8. The minimum absolute atomic E-state index is 0.155. The average molecular weight is 2390 g/mol. The van der Waals surface area contributed by atoms with E-state index in [1.165, 1.54) is 53.9 Å². The van der Waals surface area contributed by atoms with Crippen LogP contribution in [0.2, 0.25) is 10.0 Å². The highest BCUT2D eigenvalue weighted by Gasteiger charge is 2.24. The number of halogens is 8. The molecule has 0 radical (unpaired) electrons. The number of carbonyl (C=O) groups is 10. The summed E-state index contributed by atoms with van der Waals surface area (Å²) in [6.45, 7) is 3.79. The maximum Gasteiger partial charge on any atom is 0.323 e. The Labute approximate surface area is 870 Å². The zero-order chi connectivity index (χ0) is 98.0. The van der Waals surface area contributed by atoms with Crippen LogP contribution in [0.3, 0.4) is 0 Å². The Hall–Kier alpha value is -12.8. The number of nitrogens with two attached hydrogens (primary N) is 2. The van der Waals surface area contributed by atoms with Crippen molar-refractivity contribution in [3.63, 3.8) is 0 Å². The van der Waals surface area contributed by atoms with Crippen LogP contribution in [0.1, 0.15) is 69.2 Å². The zero-order valence-electron chi connectivity index (χ0n) is 72.9. The highest BCUT2D eigenvalue weighted by molar-refractivity contribution is 14.1. The van der Waals surface area contributed by atoms with Crippen LogP contribution in [0.25, 0.3) is 0 Å². The van der Waals surface area contributed by atoms with Crippen LogP contribution in [0, 0.1) is 14.1 Å². The van der Waals surface area contributed by atoms with Gasteiger partial charge in [-0.1, -0.05) is 181 Å². The number of primary amides is 2. The van der Waals surface area contributed by atoms with Crippen molar-refractivity contribution in [3.05, 3.63) is 407 Å². The summed E-state index contributed by atoms with van der Waals surface area (Å²) in [6.07, 6.45) is 3.80. The fraction of sp³-hybridized carbons (Fsp3) is 0.0693. The lowest BCUT2D eigenvalue weighted by Gasteiger charge is -2.25. The molecule has 14 aromatic carbocycles. The summed E-state index contributed by atoms with van der Waals surface area (Å²) in [5, 5.41) is 34.3. The summed E-state index contributed by atoms with van der Waals surface area (Å²) in [5.41, 5.74) is 22.9. The molecule has 16 amide bonds. The number of hydrogen-bond acceptors (Lipinski definition) is 12. The van der Waals surface area contributed by atoms with E-state index in [9.17, 15) is 47.9 Å². The number of urea groups is 6. The molecule has 0 aliphatic heterocycles. The van der Waals surface area contributed by atoms with Gasteiger partial charge in [0.2, 0.25) is 0 Å². The third-order valence-electron chi connectivity index (χ3n) is 19.6. The molecule has 16 N–H and O–H groups in total. The first-order valence-corrected chi connectivity index (χ1v) is 49.8. The molecule has 0 aromatic heterocycles. The van der Waals surface area contributed by atoms with E-state index >= 15 is 0 Å². The molecule has 0 aliphatic rings. The van der Waals surface area contributed by atoms with Crippen molar-refractivity contribution >= 4 is 284 Å². The number of amides is 16. The maximum atomic E-state index is 13.6. The van der Waals surface area contributed by atoms with Gasteiger partial charge in [0.05, 0.1) is 56.4 Å². The Morgan fingerprint density at radius 3 is 0.942 bits per heavy atom. The molecule has 14 rings (SSSR count). The maximum absolute atomic E-state index is 13.6. The van der Waals surface area contributed by atoms with Gasteiger partial charge >= 0.3 is 36.2 Å². The molecule has 0 aliphatic carbocycles. The third kappa shape index (κ3) is 33.0. The van der Waals surface area contributed by atoms with Gasteiger partial charge in [-0.05, 0) is 320 Å². The fourth-order valence-corrected chi connectivity index (χ4v) is 17.5. The number of anilines is 12. The Morgan fingerprint density at radius 1 is 0.292 bits per heavy atom. The van der Waals surface area contributed by atoms with Gasteiger partial charge in [-0.3, -0.25) is 19.2 Å². The SMILES string of the molecule is CSc1ccc(Cl)cc1C(=O)Nc1cccc(NC(=O)c2cc(Cl)ccc2SC)c1.Cc1ccc(NC(=O)N(Cc2ccccc2)Cc2ccccc2)cc1NC(=O)N(Cc1ccccc1)Cc1ccccc1.NC(=O)c1ccccc1NC(=O)Nc1cc(NC(=O)Nc2ccccc2C(N)=O)c(Br)cc1Br.O=C(Nc1ccc(I)cc1)Nc1cc(NC(=O)Nc2ccc(I)cc2)c(Br)cc1Br. The Kier molecular flexibility index (Phi) is 40.1. The summed E-state index contributed by atoms with van der Waals surface area (Å²) in [4.78, 5) is 131. The van der Waals surface area contributed by atoms with Gasteiger partial charge < -0.3 is 85.1 Å². The first-order valence-electron chi connectivity index (χ1n) is 41.3. The first-order chi connectivity index (χ1) is 65.9. The van der Waals surface area contributed by atoms with Gasteiger partial charge in [0.25, 0.3) is 23.6 Å². The largest absolute Gasteiger partial charge is 0.366 e. The van der Waals surface area contributed by atoms with Gasteiger partial charge in [0.1, 0.15) is 0 Å². The monoisotopic (exact) mass is 2390 g/mol. The molecular formula is C101H86Br4Cl2I2N16O10S2. The molecule has 36 heteroatoms. The fourth-order valence-electron chi connectivity index (χ4n) is 12.9. The van der Waals surface area contributed by atoms with Crippen molar-refractivity contribution in [1.82, 2.24) is 9.80 Å². The van der Waals surface area contributed by atoms with Crippen LogP contribution in [0.15, 0.2) is 349 Å². The van der Waals surface area contributed by atoms with Crippen molar-refractivity contribution in [3.8, 4) is 0 Å². The lowest BCUT2D eigenvalue weighted by Crippen LogP contribution is -2.35. The number of carbonyl (C=O) groups excluding carboxylic acids is 10. The topological polar surface area (TPSA) is 374 Å². The number of benzene rings is 14. The van der Waals surface area contributed by atoms with E-state index in [1.807, 2.05) is 220 Å². The molecule has 0 unspecified atom stereocenters. The summed E-state index contributed by atoms with van der Waals surface area (Å²) in [5.74, 6) is -1.91.